The summed E-state index contributed by atoms with van der Waals surface area (Å²) in [6.45, 7) is 4.75. The van der Waals surface area contributed by atoms with Crippen LogP contribution in [-0.4, -0.2) is 38.0 Å². The van der Waals surface area contributed by atoms with Crippen molar-refractivity contribution in [1.82, 2.24) is 25.1 Å². The molecule has 6 nitrogen and oxygen atoms in total. The number of carbonyl (C=O) groups excluding carboxylic acids is 1. The Morgan fingerprint density at radius 3 is 2.86 bits per heavy atom. The van der Waals surface area contributed by atoms with Crippen LogP contribution >= 0.6 is 23.1 Å². The van der Waals surface area contributed by atoms with E-state index in [1.54, 1.807) is 17.7 Å². The van der Waals surface area contributed by atoms with E-state index in [0.29, 0.717) is 12.3 Å². The second-order valence-corrected chi connectivity index (χ2v) is 8.83. The number of fused-ring (bicyclic) bond motifs is 1. The lowest BCUT2D eigenvalue weighted by molar-refractivity contribution is -0.118. The maximum atomic E-state index is 12.3. The Morgan fingerprint density at radius 1 is 1.21 bits per heavy atom. The van der Waals surface area contributed by atoms with Gasteiger partial charge in [0.05, 0.1) is 17.6 Å². The number of thiophene rings is 1. The van der Waals surface area contributed by atoms with Crippen molar-refractivity contribution >= 4 is 39.2 Å². The number of carbonyl (C=O) groups is 1. The first-order chi connectivity index (χ1) is 14.1. The molecule has 0 spiro atoms. The number of rotatable bonds is 7. The minimum atomic E-state index is 0.00168. The molecule has 0 unspecified atom stereocenters. The Morgan fingerprint density at radius 2 is 2.03 bits per heavy atom. The van der Waals surface area contributed by atoms with Gasteiger partial charge in [-0.05, 0) is 43.5 Å². The van der Waals surface area contributed by atoms with Gasteiger partial charge in [0, 0.05) is 23.0 Å². The van der Waals surface area contributed by atoms with Gasteiger partial charge in [-0.2, -0.15) is 5.10 Å². The highest BCUT2D eigenvalue weighted by atomic mass is 32.2. The van der Waals surface area contributed by atoms with E-state index in [-0.39, 0.29) is 5.91 Å². The van der Waals surface area contributed by atoms with Crippen LogP contribution in [0.3, 0.4) is 0 Å². The highest BCUT2D eigenvalue weighted by Crippen LogP contribution is 2.34. The summed E-state index contributed by atoms with van der Waals surface area (Å²) in [6, 6.07) is 9.97. The maximum absolute atomic E-state index is 12.3. The SMILES string of the molecule is Cc1sc2ncnc(SCC(=O)NCCc3cnn(-c4ccccc4)c3)c2c1C. The third kappa shape index (κ3) is 4.49. The molecule has 0 bridgehead atoms. The summed E-state index contributed by atoms with van der Waals surface area (Å²) < 4.78 is 1.85. The van der Waals surface area contributed by atoms with E-state index in [0.717, 1.165) is 32.9 Å². The molecule has 1 aromatic carbocycles. The lowest BCUT2D eigenvalue weighted by Crippen LogP contribution is -2.27. The molecule has 4 rings (SSSR count). The number of hydrogen-bond donors (Lipinski definition) is 1. The predicted octanol–water partition coefficient (Wildman–Crippen LogP) is 3.94. The van der Waals surface area contributed by atoms with Gasteiger partial charge in [0.2, 0.25) is 5.91 Å². The maximum Gasteiger partial charge on any atom is 0.230 e. The number of thioether (sulfide) groups is 1. The van der Waals surface area contributed by atoms with Crippen LogP contribution in [0.4, 0.5) is 0 Å². The molecule has 0 saturated carbocycles. The van der Waals surface area contributed by atoms with Crippen LogP contribution in [0.15, 0.2) is 54.1 Å². The molecule has 0 atom stereocenters. The van der Waals surface area contributed by atoms with E-state index in [2.05, 4.69) is 34.2 Å². The molecule has 8 heteroatoms. The minimum Gasteiger partial charge on any atom is -0.355 e. The number of amides is 1. The van der Waals surface area contributed by atoms with E-state index in [1.807, 2.05) is 47.4 Å². The zero-order valence-corrected chi connectivity index (χ0v) is 17.9. The monoisotopic (exact) mass is 423 g/mol. The summed E-state index contributed by atoms with van der Waals surface area (Å²) in [6.07, 6.45) is 6.15. The fourth-order valence-corrected chi connectivity index (χ4v) is 4.95. The smallest absolute Gasteiger partial charge is 0.230 e. The molecule has 29 heavy (non-hydrogen) atoms. The summed E-state index contributed by atoms with van der Waals surface area (Å²) in [7, 11) is 0. The lowest BCUT2D eigenvalue weighted by atomic mass is 10.2. The normalized spacial score (nSPS) is 11.1. The van der Waals surface area contributed by atoms with Crippen molar-refractivity contribution in [3.05, 3.63) is 65.1 Å². The summed E-state index contributed by atoms with van der Waals surface area (Å²) in [5.41, 5.74) is 3.31. The fraction of sp³-hybridized carbons (Fsp3) is 0.238. The molecule has 1 N–H and O–H groups in total. The largest absolute Gasteiger partial charge is 0.355 e. The molecule has 3 aromatic heterocycles. The average molecular weight is 424 g/mol. The average Bonchev–Trinajstić information content (AvgIpc) is 3.32. The molecule has 4 aromatic rings. The van der Waals surface area contributed by atoms with Crippen LogP contribution in [0.5, 0.6) is 0 Å². The second-order valence-electron chi connectivity index (χ2n) is 6.66. The van der Waals surface area contributed by atoms with Gasteiger partial charge < -0.3 is 5.32 Å². The molecule has 0 radical (unpaired) electrons. The van der Waals surface area contributed by atoms with Gasteiger partial charge in [-0.15, -0.1) is 11.3 Å². The standard InChI is InChI=1S/C21H21N5OS2/c1-14-15(2)29-21-19(14)20(23-13-24-21)28-12-18(27)22-9-8-16-10-25-26(11-16)17-6-4-3-5-7-17/h3-7,10-11,13H,8-9,12H2,1-2H3,(H,22,27). The molecule has 0 aliphatic heterocycles. The van der Waals surface area contributed by atoms with E-state index in [1.165, 1.54) is 22.2 Å². The van der Waals surface area contributed by atoms with Crippen LogP contribution < -0.4 is 5.32 Å². The van der Waals surface area contributed by atoms with E-state index >= 15 is 0 Å². The van der Waals surface area contributed by atoms with Gasteiger partial charge in [-0.25, -0.2) is 14.6 Å². The number of para-hydroxylation sites is 1. The summed E-state index contributed by atoms with van der Waals surface area (Å²) in [5.74, 6) is 0.339. The molecule has 148 valence electrons. The number of benzene rings is 1. The van der Waals surface area contributed by atoms with E-state index in [4.69, 9.17) is 0 Å². The second kappa shape index (κ2) is 8.75. The zero-order chi connectivity index (χ0) is 20.2. The van der Waals surface area contributed by atoms with E-state index < -0.39 is 0 Å². The fourth-order valence-electron chi connectivity index (χ4n) is 3.00. The van der Waals surface area contributed by atoms with Crippen LogP contribution in [0, 0.1) is 13.8 Å². The van der Waals surface area contributed by atoms with Crippen LogP contribution in [-0.2, 0) is 11.2 Å². The molecule has 3 heterocycles. The van der Waals surface area contributed by atoms with Crippen molar-refractivity contribution < 1.29 is 4.79 Å². The molecule has 0 fully saturated rings. The van der Waals surface area contributed by atoms with Gasteiger partial charge in [0.15, 0.2) is 0 Å². The van der Waals surface area contributed by atoms with Crippen molar-refractivity contribution in [3.63, 3.8) is 0 Å². The highest BCUT2D eigenvalue weighted by Gasteiger charge is 2.13. The first kappa shape index (κ1) is 19.6. The predicted molar refractivity (Wildman–Crippen MR) is 118 cm³/mol. The third-order valence-corrected chi connectivity index (χ3v) is 6.77. The van der Waals surface area contributed by atoms with Crippen LogP contribution in [0.25, 0.3) is 15.9 Å². The lowest BCUT2D eigenvalue weighted by Gasteiger charge is -2.05. The highest BCUT2D eigenvalue weighted by molar-refractivity contribution is 8.00. The molecule has 0 aliphatic rings. The Labute approximate surface area is 177 Å². The Kier molecular flexibility index (Phi) is 5.92. The molecule has 1 amide bonds. The summed E-state index contributed by atoms with van der Waals surface area (Å²) in [4.78, 5) is 23.2. The summed E-state index contributed by atoms with van der Waals surface area (Å²) in [5, 5.41) is 9.31. The van der Waals surface area contributed by atoms with Crippen LogP contribution in [0.1, 0.15) is 16.0 Å². The quantitative estimate of drug-likeness (QED) is 0.360. The van der Waals surface area contributed by atoms with Crippen molar-refractivity contribution in [1.29, 1.82) is 0 Å². The number of nitrogens with one attached hydrogen (secondary N) is 1. The number of nitrogens with zero attached hydrogens (tertiary/aromatic N) is 4. The van der Waals surface area contributed by atoms with Crippen molar-refractivity contribution in [2.24, 2.45) is 0 Å². The van der Waals surface area contributed by atoms with Gasteiger partial charge in [-0.3, -0.25) is 4.79 Å². The van der Waals surface area contributed by atoms with Gasteiger partial charge in [0.25, 0.3) is 0 Å². The molecular weight excluding hydrogens is 402 g/mol. The first-order valence-electron chi connectivity index (χ1n) is 9.31. The molecular formula is C21H21N5OS2. The Hall–Kier alpha value is -2.71. The third-order valence-electron chi connectivity index (χ3n) is 4.66. The number of aromatic nitrogens is 4. The van der Waals surface area contributed by atoms with Crippen molar-refractivity contribution in [3.8, 4) is 5.69 Å². The molecule has 0 saturated heterocycles. The van der Waals surface area contributed by atoms with E-state index in [9.17, 15) is 4.79 Å². The minimum absolute atomic E-state index is 0.00168. The number of hydrogen-bond acceptors (Lipinski definition) is 6. The van der Waals surface area contributed by atoms with Crippen molar-refractivity contribution in [2.75, 3.05) is 12.3 Å². The van der Waals surface area contributed by atoms with Crippen molar-refractivity contribution in [2.45, 2.75) is 25.3 Å². The Bertz CT molecular complexity index is 1140. The van der Waals surface area contributed by atoms with Gasteiger partial charge >= 0.3 is 0 Å². The molecule has 0 aliphatic carbocycles. The summed E-state index contributed by atoms with van der Waals surface area (Å²) >= 11 is 3.13. The zero-order valence-electron chi connectivity index (χ0n) is 16.3. The van der Waals surface area contributed by atoms with Gasteiger partial charge in [0.1, 0.15) is 16.2 Å². The topological polar surface area (TPSA) is 72.7 Å². The number of aryl methyl sites for hydroxylation is 2. The van der Waals surface area contributed by atoms with Gasteiger partial charge in [-0.1, -0.05) is 30.0 Å². The Balaban J connectivity index is 1.29. The van der Waals surface area contributed by atoms with Crippen LogP contribution in [0.2, 0.25) is 0 Å². The first-order valence-corrected chi connectivity index (χ1v) is 11.1.